The van der Waals surface area contributed by atoms with Crippen LogP contribution < -0.4 is 0 Å². The zero-order valence-electron chi connectivity index (χ0n) is 44.9. The van der Waals surface area contributed by atoms with Crippen molar-refractivity contribution in [2.24, 2.45) is 0 Å². The first kappa shape index (κ1) is 64.6. The molecule has 0 rings (SSSR count). The van der Waals surface area contributed by atoms with Gasteiger partial charge in [0.15, 0.2) is 6.10 Å². The third-order valence-corrected chi connectivity index (χ3v) is 13.1. The molecule has 0 bridgehead atoms. The summed E-state index contributed by atoms with van der Waals surface area (Å²) < 4.78 is 16.8. The number of unbranched alkanes of at least 4 members (excludes halogenated alkanes) is 37. The van der Waals surface area contributed by atoms with Crippen molar-refractivity contribution >= 4 is 17.9 Å². The maximum Gasteiger partial charge on any atom is 0.306 e. The summed E-state index contributed by atoms with van der Waals surface area (Å²) in [6, 6.07) is 0. The largest absolute Gasteiger partial charge is 0.462 e. The van der Waals surface area contributed by atoms with Gasteiger partial charge in [-0.25, -0.2) is 0 Å². The maximum atomic E-state index is 12.8. The van der Waals surface area contributed by atoms with E-state index in [0.717, 1.165) is 96.3 Å². The lowest BCUT2D eigenvalue weighted by molar-refractivity contribution is -0.167. The van der Waals surface area contributed by atoms with E-state index in [9.17, 15) is 14.4 Å². The summed E-state index contributed by atoms with van der Waals surface area (Å²) in [7, 11) is 0. The first-order valence-electron chi connectivity index (χ1n) is 29.5. The zero-order chi connectivity index (χ0) is 48.6. The van der Waals surface area contributed by atoms with Gasteiger partial charge in [-0.15, -0.1) is 0 Å². The molecule has 392 valence electrons. The lowest BCUT2D eigenvalue weighted by atomic mass is 10.0. The number of rotatable bonds is 54. The summed E-state index contributed by atoms with van der Waals surface area (Å²) in [5, 5.41) is 0. The Morgan fingerprint density at radius 1 is 0.299 bits per heavy atom. The molecule has 0 fully saturated rings. The Balaban J connectivity index is 4.20. The van der Waals surface area contributed by atoms with Crippen LogP contribution in [0.5, 0.6) is 0 Å². The molecule has 0 saturated heterocycles. The van der Waals surface area contributed by atoms with Crippen LogP contribution in [-0.2, 0) is 28.6 Å². The molecule has 6 nitrogen and oxygen atoms in total. The fraction of sp³-hybridized carbons (Fsp3) is 0.852. The van der Waals surface area contributed by atoms with Crippen LogP contribution in [0.2, 0.25) is 0 Å². The number of hydrogen-bond donors (Lipinski definition) is 0. The predicted molar refractivity (Wildman–Crippen MR) is 289 cm³/mol. The summed E-state index contributed by atoms with van der Waals surface area (Å²) in [6.07, 6.45) is 67.2. The molecule has 0 heterocycles. The van der Waals surface area contributed by atoms with Crippen molar-refractivity contribution in [3.63, 3.8) is 0 Å². The molecule has 0 spiro atoms. The van der Waals surface area contributed by atoms with Crippen molar-refractivity contribution in [1.82, 2.24) is 0 Å². The fourth-order valence-corrected chi connectivity index (χ4v) is 8.65. The number of hydrogen-bond acceptors (Lipinski definition) is 6. The third-order valence-electron chi connectivity index (χ3n) is 13.1. The van der Waals surface area contributed by atoms with Crippen LogP contribution in [0, 0.1) is 0 Å². The topological polar surface area (TPSA) is 78.9 Å². The van der Waals surface area contributed by atoms with Gasteiger partial charge in [0.2, 0.25) is 0 Å². The second kappa shape index (κ2) is 56.2. The summed E-state index contributed by atoms with van der Waals surface area (Å²) in [5.41, 5.74) is 0. The smallest absolute Gasteiger partial charge is 0.306 e. The van der Waals surface area contributed by atoms with E-state index in [1.807, 2.05) is 0 Å². The predicted octanol–water partition coefficient (Wildman–Crippen LogP) is 19.7. The van der Waals surface area contributed by atoms with Crippen molar-refractivity contribution in [3.8, 4) is 0 Å². The number of allylic oxidation sites excluding steroid dienone is 6. The van der Waals surface area contributed by atoms with E-state index < -0.39 is 6.10 Å². The van der Waals surface area contributed by atoms with Gasteiger partial charge in [-0.05, 0) is 70.6 Å². The second-order valence-electron chi connectivity index (χ2n) is 19.9. The van der Waals surface area contributed by atoms with Gasteiger partial charge < -0.3 is 14.2 Å². The van der Waals surface area contributed by atoms with E-state index in [0.29, 0.717) is 19.3 Å². The van der Waals surface area contributed by atoms with Gasteiger partial charge in [0, 0.05) is 19.3 Å². The summed E-state index contributed by atoms with van der Waals surface area (Å²) in [4.78, 5) is 38.1. The molecule has 0 aliphatic heterocycles. The van der Waals surface area contributed by atoms with Crippen LogP contribution in [0.1, 0.15) is 316 Å². The highest BCUT2D eigenvalue weighted by Gasteiger charge is 2.19. The Bertz CT molecular complexity index is 1130. The molecular formula is C61H112O6. The molecule has 0 aromatic carbocycles. The minimum absolute atomic E-state index is 0.0772. The molecule has 0 aliphatic rings. The highest BCUT2D eigenvalue weighted by atomic mass is 16.6. The van der Waals surface area contributed by atoms with Gasteiger partial charge in [-0.2, -0.15) is 0 Å². The van der Waals surface area contributed by atoms with Gasteiger partial charge in [0.05, 0.1) is 0 Å². The maximum absolute atomic E-state index is 12.8. The van der Waals surface area contributed by atoms with Crippen molar-refractivity contribution in [3.05, 3.63) is 36.5 Å². The van der Waals surface area contributed by atoms with Gasteiger partial charge >= 0.3 is 17.9 Å². The van der Waals surface area contributed by atoms with Gasteiger partial charge in [0.1, 0.15) is 13.2 Å². The Hall–Kier alpha value is -2.37. The van der Waals surface area contributed by atoms with Crippen molar-refractivity contribution in [2.45, 2.75) is 322 Å². The molecule has 6 heteroatoms. The normalized spacial score (nSPS) is 12.2. The fourth-order valence-electron chi connectivity index (χ4n) is 8.65. The molecule has 1 unspecified atom stereocenters. The summed E-state index contributed by atoms with van der Waals surface area (Å²) in [6.45, 7) is 6.57. The van der Waals surface area contributed by atoms with Crippen molar-refractivity contribution in [2.75, 3.05) is 13.2 Å². The molecule has 0 radical (unpaired) electrons. The number of carbonyl (C=O) groups is 3. The minimum Gasteiger partial charge on any atom is -0.462 e. The van der Waals surface area contributed by atoms with E-state index in [1.54, 1.807) is 0 Å². The first-order valence-corrected chi connectivity index (χ1v) is 29.5. The molecule has 0 saturated carbocycles. The molecule has 0 aromatic rings. The van der Waals surface area contributed by atoms with E-state index in [2.05, 4.69) is 57.2 Å². The first-order chi connectivity index (χ1) is 33.0. The average molecular weight is 942 g/mol. The zero-order valence-corrected chi connectivity index (χ0v) is 44.9. The third kappa shape index (κ3) is 54.4. The minimum atomic E-state index is -0.779. The SMILES string of the molecule is CCC/C=C\C/C=C\CCCCCCCC(=O)OC(COC(=O)CCCCCCC/C=C\CCCCC)COC(=O)CCCCCCCCCCCCCCCCCCCCCCCCCC. The van der Waals surface area contributed by atoms with Crippen LogP contribution in [0.25, 0.3) is 0 Å². The quantitative estimate of drug-likeness (QED) is 0.0262. The molecule has 1 atom stereocenters. The number of carbonyl (C=O) groups excluding carboxylic acids is 3. The highest BCUT2D eigenvalue weighted by molar-refractivity contribution is 5.71. The molecule has 0 aromatic heterocycles. The van der Waals surface area contributed by atoms with Crippen LogP contribution >= 0.6 is 0 Å². The van der Waals surface area contributed by atoms with Crippen LogP contribution in [0.4, 0.5) is 0 Å². The number of esters is 3. The van der Waals surface area contributed by atoms with Gasteiger partial charge in [-0.3, -0.25) is 14.4 Å². The molecule has 67 heavy (non-hydrogen) atoms. The van der Waals surface area contributed by atoms with Gasteiger partial charge in [0.25, 0.3) is 0 Å². The van der Waals surface area contributed by atoms with Crippen molar-refractivity contribution in [1.29, 1.82) is 0 Å². The Morgan fingerprint density at radius 3 is 0.925 bits per heavy atom. The Morgan fingerprint density at radius 2 is 0.567 bits per heavy atom. The standard InChI is InChI=1S/C61H112O6/c1-4-7-10-13-16-19-22-25-26-27-28-29-30-31-32-33-34-35-37-39-42-45-48-51-54-60(63)66-57-58(56-65-59(62)53-50-47-44-41-38-24-21-18-15-12-9-6-3)67-61(64)55-52-49-46-43-40-36-23-20-17-14-11-8-5-2/h11,14,18,20-21,23,58H,4-10,12-13,15-17,19,22,24-57H2,1-3H3/b14-11-,21-18-,23-20-. The second-order valence-corrected chi connectivity index (χ2v) is 19.9. The lowest BCUT2D eigenvalue weighted by Crippen LogP contribution is -2.30. The van der Waals surface area contributed by atoms with Crippen LogP contribution in [0.3, 0.4) is 0 Å². The monoisotopic (exact) mass is 941 g/mol. The summed E-state index contributed by atoms with van der Waals surface area (Å²) in [5.74, 6) is -0.886. The molecule has 0 N–H and O–H groups in total. The Labute approximate surface area is 416 Å². The van der Waals surface area contributed by atoms with Crippen molar-refractivity contribution < 1.29 is 28.6 Å². The van der Waals surface area contributed by atoms with E-state index in [-0.39, 0.29) is 31.1 Å². The van der Waals surface area contributed by atoms with Crippen LogP contribution in [0.15, 0.2) is 36.5 Å². The van der Waals surface area contributed by atoms with Crippen LogP contribution in [-0.4, -0.2) is 37.2 Å². The average Bonchev–Trinajstić information content (AvgIpc) is 3.33. The van der Waals surface area contributed by atoms with E-state index >= 15 is 0 Å². The van der Waals surface area contributed by atoms with Gasteiger partial charge in [-0.1, -0.05) is 263 Å². The van der Waals surface area contributed by atoms with E-state index in [4.69, 9.17) is 14.2 Å². The summed E-state index contributed by atoms with van der Waals surface area (Å²) >= 11 is 0. The molecular weight excluding hydrogens is 829 g/mol. The number of ether oxygens (including phenoxy) is 3. The highest BCUT2D eigenvalue weighted by Crippen LogP contribution is 2.17. The molecule has 0 aliphatic carbocycles. The van der Waals surface area contributed by atoms with E-state index in [1.165, 1.54) is 180 Å². The lowest BCUT2D eigenvalue weighted by Gasteiger charge is -2.18. The Kier molecular flexibility index (Phi) is 54.2. The molecule has 0 amide bonds.